The van der Waals surface area contributed by atoms with Gasteiger partial charge in [-0.05, 0) is 25.9 Å². The summed E-state index contributed by atoms with van der Waals surface area (Å²) in [5.41, 5.74) is 0.872. The van der Waals surface area contributed by atoms with Gasteiger partial charge < -0.3 is 4.57 Å². The van der Waals surface area contributed by atoms with E-state index >= 15 is 0 Å². The molecule has 0 saturated carbocycles. The highest BCUT2D eigenvalue weighted by Crippen LogP contribution is 2.22. The molecule has 4 heteroatoms. The van der Waals surface area contributed by atoms with Crippen molar-refractivity contribution in [2.75, 3.05) is 13.1 Å². The highest BCUT2D eigenvalue weighted by atomic mass is 15.2. The Kier molecular flexibility index (Phi) is 2.51. The molecule has 0 amide bonds. The second-order valence-corrected chi connectivity index (χ2v) is 3.74. The van der Waals surface area contributed by atoms with Crippen LogP contribution in [0.25, 0.3) is 0 Å². The molecule has 1 unspecified atom stereocenters. The minimum Gasteiger partial charge on any atom is -0.340 e. The monoisotopic (exact) mass is 190 g/mol. The van der Waals surface area contributed by atoms with Crippen molar-refractivity contribution >= 4 is 0 Å². The Hall–Kier alpha value is -1.34. The summed E-state index contributed by atoms with van der Waals surface area (Å²) in [6, 6.07) is 2.17. The van der Waals surface area contributed by atoms with Gasteiger partial charge in [-0.25, -0.2) is 4.98 Å². The van der Waals surface area contributed by atoms with Gasteiger partial charge in [0.25, 0.3) is 0 Å². The predicted octanol–water partition coefficient (Wildman–Crippen LogP) is 1.08. The van der Waals surface area contributed by atoms with Crippen LogP contribution in [0.4, 0.5) is 0 Å². The second kappa shape index (κ2) is 3.81. The summed E-state index contributed by atoms with van der Waals surface area (Å²) in [6.45, 7) is 2.05. The number of aromatic nitrogens is 2. The van der Waals surface area contributed by atoms with Crippen molar-refractivity contribution in [2.45, 2.75) is 18.9 Å². The molecule has 0 N–H and O–H groups in total. The maximum atomic E-state index is 9.11. The largest absolute Gasteiger partial charge is 0.340 e. The number of aryl methyl sites for hydroxylation is 1. The Labute approximate surface area is 83.8 Å². The summed E-state index contributed by atoms with van der Waals surface area (Å²) in [6.07, 6.45) is 6.07. The molecule has 1 fully saturated rings. The van der Waals surface area contributed by atoms with E-state index in [9.17, 15) is 0 Å². The molecule has 0 spiro atoms. The number of rotatable bonds is 2. The highest BCUT2D eigenvalue weighted by Gasteiger charge is 2.24. The van der Waals surface area contributed by atoms with Gasteiger partial charge in [-0.3, -0.25) is 4.90 Å². The lowest BCUT2D eigenvalue weighted by Gasteiger charge is -2.18. The Morgan fingerprint density at radius 1 is 1.50 bits per heavy atom. The Morgan fingerprint density at radius 2 is 2.21 bits per heavy atom. The standard InChI is InChI=1S/C10H14N4/c1-13-7-9(12-8-13)10(6-11)14-4-2-3-5-14/h7-8,10H,2-5H2,1H3. The first-order valence-corrected chi connectivity index (χ1v) is 4.93. The van der Waals surface area contributed by atoms with Crippen molar-refractivity contribution < 1.29 is 0 Å². The Balaban J connectivity index is 2.17. The molecule has 1 aliphatic rings. The van der Waals surface area contributed by atoms with E-state index < -0.39 is 0 Å². The van der Waals surface area contributed by atoms with Gasteiger partial charge in [0.2, 0.25) is 0 Å². The van der Waals surface area contributed by atoms with Gasteiger partial charge in [0.15, 0.2) is 0 Å². The summed E-state index contributed by atoms with van der Waals surface area (Å²) in [5, 5.41) is 9.11. The summed E-state index contributed by atoms with van der Waals surface area (Å²) < 4.78 is 1.88. The van der Waals surface area contributed by atoms with Gasteiger partial charge in [-0.1, -0.05) is 0 Å². The SMILES string of the molecule is Cn1cnc(C(C#N)N2CCCC2)c1. The minimum atomic E-state index is -0.154. The van der Waals surface area contributed by atoms with E-state index in [2.05, 4.69) is 16.0 Å². The first kappa shape index (κ1) is 9.22. The summed E-state index contributed by atoms with van der Waals surface area (Å²) in [4.78, 5) is 6.43. The molecule has 4 nitrogen and oxygen atoms in total. The third-order valence-electron chi connectivity index (χ3n) is 2.63. The van der Waals surface area contributed by atoms with Gasteiger partial charge in [-0.15, -0.1) is 0 Å². The maximum absolute atomic E-state index is 9.11. The summed E-state index contributed by atoms with van der Waals surface area (Å²) in [7, 11) is 1.93. The second-order valence-electron chi connectivity index (χ2n) is 3.74. The average molecular weight is 190 g/mol. The van der Waals surface area contributed by atoms with Crippen molar-refractivity contribution in [3.63, 3.8) is 0 Å². The quantitative estimate of drug-likeness (QED) is 0.701. The smallest absolute Gasteiger partial charge is 0.142 e. The van der Waals surface area contributed by atoms with Gasteiger partial charge in [0.1, 0.15) is 6.04 Å². The number of likely N-dealkylation sites (tertiary alicyclic amines) is 1. The Morgan fingerprint density at radius 3 is 2.71 bits per heavy atom. The minimum absolute atomic E-state index is 0.154. The molecule has 2 heterocycles. The van der Waals surface area contributed by atoms with Crippen molar-refractivity contribution in [1.82, 2.24) is 14.5 Å². The van der Waals surface area contributed by atoms with E-state index in [1.807, 2.05) is 17.8 Å². The van der Waals surface area contributed by atoms with Gasteiger partial charge >= 0.3 is 0 Å². The van der Waals surface area contributed by atoms with Crippen LogP contribution < -0.4 is 0 Å². The van der Waals surface area contributed by atoms with Crippen LogP contribution in [-0.2, 0) is 7.05 Å². The molecule has 14 heavy (non-hydrogen) atoms. The molecular formula is C10H14N4. The van der Waals surface area contributed by atoms with Crippen LogP contribution in [0.15, 0.2) is 12.5 Å². The van der Waals surface area contributed by atoms with Crippen LogP contribution in [0, 0.1) is 11.3 Å². The van der Waals surface area contributed by atoms with Crippen LogP contribution in [0.2, 0.25) is 0 Å². The van der Waals surface area contributed by atoms with Crippen molar-refractivity contribution in [2.24, 2.45) is 7.05 Å². The van der Waals surface area contributed by atoms with E-state index in [0.29, 0.717) is 0 Å². The van der Waals surface area contributed by atoms with Gasteiger partial charge in [-0.2, -0.15) is 5.26 Å². The molecule has 1 saturated heterocycles. The van der Waals surface area contributed by atoms with E-state index in [4.69, 9.17) is 5.26 Å². The molecule has 1 atom stereocenters. The Bertz CT molecular complexity index is 343. The molecule has 0 radical (unpaired) electrons. The molecule has 2 rings (SSSR count). The van der Waals surface area contributed by atoms with Crippen LogP contribution in [0.3, 0.4) is 0 Å². The molecule has 0 aromatic carbocycles. The molecule has 1 aromatic heterocycles. The van der Waals surface area contributed by atoms with Gasteiger partial charge in [0.05, 0.1) is 18.1 Å². The van der Waals surface area contributed by atoms with Crippen LogP contribution in [-0.4, -0.2) is 27.5 Å². The molecule has 74 valence electrons. The first-order chi connectivity index (χ1) is 6.81. The molecular weight excluding hydrogens is 176 g/mol. The molecule has 1 aliphatic heterocycles. The number of imidazole rings is 1. The van der Waals surface area contributed by atoms with E-state index in [-0.39, 0.29) is 6.04 Å². The lowest BCUT2D eigenvalue weighted by molar-refractivity contribution is 0.290. The number of nitrogens with zero attached hydrogens (tertiary/aromatic N) is 4. The third-order valence-corrected chi connectivity index (χ3v) is 2.63. The number of hydrogen-bond acceptors (Lipinski definition) is 3. The van der Waals surface area contributed by atoms with Crippen molar-refractivity contribution in [3.8, 4) is 6.07 Å². The molecule has 0 aliphatic carbocycles. The average Bonchev–Trinajstić information content (AvgIpc) is 2.79. The number of nitriles is 1. The van der Waals surface area contributed by atoms with E-state index in [1.54, 1.807) is 6.33 Å². The van der Waals surface area contributed by atoms with Gasteiger partial charge in [0, 0.05) is 13.2 Å². The van der Waals surface area contributed by atoms with E-state index in [1.165, 1.54) is 12.8 Å². The highest BCUT2D eigenvalue weighted by molar-refractivity contribution is 5.13. The lowest BCUT2D eigenvalue weighted by atomic mass is 10.2. The zero-order chi connectivity index (χ0) is 9.97. The lowest BCUT2D eigenvalue weighted by Crippen LogP contribution is -2.24. The van der Waals surface area contributed by atoms with Crippen LogP contribution in [0.1, 0.15) is 24.6 Å². The fourth-order valence-electron chi connectivity index (χ4n) is 1.91. The normalized spacial score (nSPS) is 19.4. The van der Waals surface area contributed by atoms with Crippen molar-refractivity contribution in [3.05, 3.63) is 18.2 Å². The fraction of sp³-hybridized carbons (Fsp3) is 0.600. The summed E-state index contributed by atoms with van der Waals surface area (Å²) >= 11 is 0. The van der Waals surface area contributed by atoms with E-state index in [0.717, 1.165) is 18.8 Å². The first-order valence-electron chi connectivity index (χ1n) is 4.93. The summed E-state index contributed by atoms with van der Waals surface area (Å²) in [5.74, 6) is 0. The zero-order valence-electron chi connectivity index (χ0n) is 8.35. The predicted molar refractivity (Wildman–Crippen MR) is 52.4 cm³/mol. The maximum Gasteiger partial charge on any atom is 0.142 e. The number of hydrogen-bond donors (Lipinski definition) is 0. The zero-order valence-corrected chi connectivity index (χ0v) is 8.35. The molecule has 1 aromatic rings. The van der Waals surface area contributed by atoms with Crippen LogP contribution in [0.5, 0.6) is 0 Å². The topological polar surface area (TPSA) is 44.9 Å². The molecule has 0 bridgehead atoms. The van der Waals surface area contributed by atoms with Crippen LogP contribution >= 0.6 is 0 Å². The third kappa shape index (κ3) is 1.64. The van der Waals surface area contributed by atoms with Crippen molar-refractivity contribution in [1.29, 1.82) is 5.26 Å². The fourth-order valence-corrected chi connectivity index (χ4v) is 1.91.